The molecule has 3 aromatic rings. The van der Waals surface area contributed by atoms with Crippen LogP contribution in [-0.2, 0) is 0 Å². The number of aromatic carboxylic acids is 1. The Morgan fingerprint density at radius 3 is 3.06 bits per heavy atom. The van der Waals surface area contributed by atoms with E-state index in [2.05, 4.69) is 9.97 Å². The molecule has 0 aromatic carbocycles. The van der Waals surface area contributed by atoms with Crippen molar-refractivity contribution >= 4 is 16.9 Å². The van der Waals surface area contributed by atoms with E-state index in [0.717, 1.165) is 10.9 Å². The first-order chi connectivity index (χ1) is 8.25. The predicted molar refractivity (Wildman–Crippen MR) is 60.8 cm³/mol. The van der Waals surface area contributed by atoms with Crippen LogP contribution in [-0.4, -0.2) is 21.0 Å². The normalized spacial score (nSPS) is 10.8. The Labute approximate surface area is 95.7 Å². The lowest BCUT2D eigenvalue weighted by molar-refractivity contribution is 0.0662. The fourth-order valence-electron chi connectivity index (χ4n) is 1.79. The van der Waals surface area contributed by atoms with Crippen LogP contribution in [0.4, 0.5) is 0 Å². The highest BCUT2D eigenvalue weighted by Crippen LogP contribution is 2.27. The van der Waals surface area contributed by atoms with Crippen LogP contribution in [0.25, 0.3) is 22.2 Å². The van der Waals surface area contributed by atoms with E-state index in [1.54, 1.807) is 6.20 Å². The molecule has 84 valence electrons. The summed E-state index contributed by atoms with van der Waals surface area (Å²) in [5.74, 6) is -1.17. The van der Waals surface area contributed by atoms with Crippen molar-refractivity contribution in [1.29, 1.82) is 0 Å². The summed E-state index contributed by atoms with van der Waals surface area (Å²) in [6.45, 7) is 0. The molecule has 17 heavy (non-hydrogen) atoms. The van der Waals surface area contributed by atoms with Crippen molar-refractivity contribution in [3.8, 4) is 11.3 Å². The van der Waals surface area contributed by atoms with E-state index < -0.39 is 5.97 Å². The average molecular weight is 228 g/mol. The summed E-state index contributed by atoms with van der Waals surface area (Å²) in [5, 5.41) is 9.73. The van der Waals surface area contributed by atoms with E-state index in [4.69, 9.17) is 9.52 Å². The maximum atomic E-state index is 10.7. The van der Waals surface area contributed by atoms with Gasteiger partial charge in [-0.2, -0.15) is 0 Å². The van der Waals surface area contributed by atoms with Crippen LogP contribution in [0.15, 0.2) is 41.3 Å². The minimum Gasteiger partial charge on any atom is -0.475 e. The molecular formula is C12H8N2O3. The first-order valence-electron chi connectivity index (χ1n) is 5.00. The molecule has 0 aliphatic carbocycles. The molecule has 0 aliphatic rings. The van der Waals surface area contributed by atoms with Crippen LogP contribution in [0, 0.1) is 0 Å². The molecule has 0 radical (unpaired) electrons. The molecule has 0 saturated heterocycles. The number of carbonyl (C=O) groups is 1. The smallest absolute Gasteiger partial charge is 0.371 e. The van der Waals surface area contributed by atoms with Gasteiger partial charge in [0.1, 0.15) is 6.26 Å². The van der Waals surface area contributed by atoms with Gasteiger partial charge < -0.3 is 14.5 Å². The topological polar surface area (TPSA) is 79.1 Å². The second-order valence-electron chi connectivity index (χ2n) is 3.60. The third kappa shape index (κ3) is 1.48. The minimum absolute atomic E-state index is 0.0886. The number of carboxylic acid groups (broad SMARTS) is 1. The van der Waals surface area contributed by atoms with E-state index in [0.29, 0.717) is 11.3 Å². The van der Waals surface area contributed by atoms with Gasteiger partial charge in [0.2, 0.25) is 5.76 Å². The lowest BCUT2D eigenvalue weighted by Crippen LogP contribution is -1.91. The largest absolute Gasteiger partial charge is 0.475 e. The molecule has 2 N–H and O–H groups in total. The van der Waals surface area contributed by atoms with Crippen molar-refractivity contribution < 1.29 is 14.3 Å². The molecule has 0 fully saturated rings. The van der Waals surface area contributed by atoms with Gasteiger partial charge in [0.25, 0.3) is 0 Å². The molecule has 5 heteroatoms. The van der Waals surface area contributed by atoms with Gasteiger partial charge in [-0.05, 0) is 12.1 Å². The third-order valence-electron chi connectivity index (χ3n) is 2.56. The zero-order valence-electron chi connectivity index (χ0n) is 8.68. The molecule has 5 nitrogen and oxygen atoms in total. The molecule has 0 spiro atoms. The maximum absolute atomic E-state index is 10.7. The molecule has 0 unspecified atom stereocenters. The van der Waals surface area contributed by atoms with Crippen LogP contribution in [0.2, 0.25) is 0 Å². The summed E-state index contributed by atoms with van der Waals surface area (Å²) >= 11 is 0. The maximum Gasteiger partial charge on any atom is 0.371 e. The zero-order valence-corrected chi connectivity index (χ0v) is 8.68. The van der Waals surface area contributed by atoms with Gasteiger partial charge in [-0.25, -0.2) is 4.79 Å². The first kappa shape index (κ1) is 9.65. The van der Waals surface area contributed by atoms with Gasteiger partial charge in [-0.3, -0.25) is 4.98 Å². The summed E-state index contributed by atoms with van der Waals surface area (Å²) in [4.78, 5) is 18.1. The summed E-state index contributed by atoms with van der Waals surface area (Å²) < 4.78 is 4.96. The van der Waals surface area contributed by atoms with Gasteiger partial charge in [0.05, 0.1) is 5.69 Å². The molecule has 0 saturated carbocycles. The number of nitrogens with one attached hydrogen (secondary N) is 1. The number of rotatable bonds is 2. The minimum atomic E-state index is -1.09. The van der Waals surface area contributed by atoms with Crippen LogP contribution >= 0.6 is 0 Å². The van der Waals surface area contributed by atoms with Crippen molar-refractivity contribution in [3.05, 3.63) is 42.6 Å². The van der Waals surface area contributed by atoms with E-state index in [1.165, 1.54) is 12.3 Å². The quantitative estimate of drug-likeness (QED) is 0.706. The van der Waals surface area contributed by atoms with Crippen LogP contribution in [0.1, 0.15) is 10.6 Å². The van der Waals surface area contributed by atoms with Gasteiger partial charge in [0, 0.05) is 34.9 Å². The monoisotopic (exact) mass is 228 g/mol. The Bertz CT molecular complexity index is 696. The van der Waals surface area contributed by atoms with E-state index >= 15 is 0 Å². The van der Waals surface area contributed by atoms with Gasteiger partial charge in [0.15, 0.2) is 0 Å². The Balaban J connectivity index is 2.19. The third-order valence-corrected chi connectivity index (χ3v) is 2.56. The Morgan fingerprint density at radius 1 is 1.41 bits per heavy atom. The summed E-state index contributed by atoms with van der Waals surface area (Å²) in [6.07, 6.45) is 4.88. The fourth-order valence-corrected chi connectivity index (χ4v) is 1.79. The SMILES string of the molecule is O=C(O)c1cc(-c2nccc3[nH]ccc23)co1. The highest BCUT2D eigenvalue weighted by molar-refractivity contribution is 5.94. The van der Waals surface area contributed by atoms with E-state index in [9.17, 15) is 4.79 Å². The lowest BCUT2D eigenvalue weighted by atomic mass is 10.1. The van der Waals surface area contributed by atoms with Gasteiger partial charge >= 0.3 is 5.97 Å². The number of hydrogen-bond donors (Lipinski definition) is 2. The Morgan fingerprint density at radius 2 is 2.29 bits per heavy atom. The fraction of sp³-hybridized carbons (Fsp3) is 0. The molecule has 0 bridgehead atoms. The summed E-state index contributed by atoms with van der Waals surface area (Å²) in [5.41, 5.74) is 2.32. The van der Waals surface area contributed by atoms with Crippen LogP contribution in [0.3, 0.4) is 0 Å². The summed E-state index contributed by atoms with van der Waals surface area (Å²) in [6, 6.07) is 5.22. The standard InChI is InChI=1S/C12H8N2O3/c15-12(16)10-5-7(6-17-10)11-8-1-3-13-9(8)2-4-14-11/h1-6,13H,(H,15,16). The average Bonchev–Trinajstić information content (AvgIpc) is 2.97. The number of pyridine rings is 1. The van der Waals surface area contributed by atoms with Gasteiger partial charge in [-0.1, -0.05) is 0 Å². The Hall–Kier alpha value is -2.56. The number of carboxylic acids is 1. The summed E-state index contributed by atoms with van der Waals surface area (Å²) in [7, 11) is 0. The number of H-pyrrole nitrogens is 1. The number of fused-ring (bicyclic) bond motifs is 1. The molecular weight excluding hydrogens is 220 g/mol. The molecule has 0 aliphatic heterocycles. The number of hydrogen-bond acceptors (Lipinski definition) is 3. The number of aromatic amines is 1. The lowest BCUT2D eigenvalue weighted by Gasteiger charge is -1.97. The number of nitrogens with zero attached hydrogens (tertiary/aromatic N) is 1. The second kappa shape index (κ2) is 3.48. The highest BCUT2D eigenvalue weighted by atomic mass is 16.4. The molecule has 0 atom stereocenters. The van der Waals surface area contributed by atoms with Crippen molar-refractivity contribution in [2.24, 2.45) is 0 Å². The zero-order chi connectivity index (χ0) is 11.8. The molecule has 3 rings (SSSR count). The van der Waals surface area contributed by atoms with Crippen molar-refractivity contribution in [2.75, 3.05) is 0 Å². The highest BCUT2D eigenvalue weighted by Gasteiger charge is 2.13. The van der Waals surface area contributed by atoms with E-state index in [1.807, 2.05) is 18.3 Å². The van der Waals surface area contributed by atoms with E-state index in [-0.39, 0.29) is 5.76 Å². The molecule has 3 heterocycles. The predicted octanol–water partition coefficient (Wildman–Crippen LogP) is 2.52. The van der Waals surface area contributed by atoms with Crippen LogP contribution < -0.4 is 0 Å². The van der Waals surface area contributed by atoms with Crippen molar-refractivity contribution in [3.63, 3.8) is 0 Å². The molecule has 3 aromatic heterocycles. The first-order valence-corrected chi connectivity index (χ1v) is 5.00. The van der Waals surface area contributed by atoms with Crippen LogP contribution in [0.5, 0.6) is 0 Å². The second-order valence-corrected chi connectivity index (χ2v) is 3.60. The number of furan rings is 1. The van der Waals surface area contributed by atoms with Crippen molar-refractivity contribution in [2.45, 2.75) is 0 Å². The van der Waals surface area contributed by atoms with Gasteiger partial charge in [-0.15, -0.1) is 0 Å². The Kier molecular flexibility index (Phi) is 1.98. The molecule has 0 amide bonds. The van der Waals surface area contributed by atoms with Crippen molar-refractivity contribution in [1.82, 2.24) is 9.97 Å². The number of aromatic nitrogens is 2.